The summed E-state index contributed by atoms with van der Waals surface area (Å²) in [7, 11) is 0. The zero-order valence-corrected chi connectivity index (χ0v) is 21.3. The van der Waals surface area contributed by atoms with E-state index in [-0.39, 0.29) is 0 Å². The van der Waals surface area contributed by atoms with E-state index < -0.39 is 0 Å². The second-order valence-electron chi connectivity index (χ2n) is 12.3. The van der Waals surface area contributed by atoms with Crippen LogP contribution in [-0.2, 0) is 9.47 Å². The summed E-state index contributed by atoms with van der Waals surface area (Å²) in [6.45, 7) is 18.5. The van der Waals surface area contributed by atoms with Gasteiger partial charge in [-0.05, 0) is 111 Å². The number of hydrogen-bond acceptors (Lipinski definition) is 2. The van der Waals surface area contributed by atoms with Crippen molar-refractivity contribution in [3.8, 4) is 0 Å². The van der Waals surface area contributed by atoms with Gasteiger partial charge in [0, 0.05) is 13.2 Å². The highest BCUT2D eigenvalue weighted by atomic mass is 16.5. The van der Waals surface area contributed by atoms with Gasteiger partial charge in [-0.2, -0.15) is 0 Å². The maximum Gasteiger partial charge on any atom is 0.0637 e. The molecule has 0 saturated heterocycles. The molecule has 4 aliphatic rings. The Bertz CT molecular complexity index is 589. The van der Waals surface area contributed by atoms with E-state index in [4.69, 9.17) is 9.47 Å². The fourth-order valence-corrected chi connectivity index (χ4v) is 9.26. The van der Waals surface area contributed by atoms with Crippen LogP contribution in [-0.4, -0.2) is 25.4 Å². The zero-order valence-electron chi connectivity index (χ0n) is 21.3. The lowest BCUT2D eigenvalue weighted by Gasteiger charge is -2.63. The topological polar surface area (TPSA) is 18.5 Å². The highest BCUT2D eigenvalue weighted by Gasteiger charge is 2.64. The minimum atomic E-state index is 0.359. The van der Waals surface area contributed by atoms with Gasteiger partial charge in [0.05, 0.1) is 12.2 Å². The minimum absolute atomic E-state index is 0.359. The van der Waals surface area contributed by atoms with Crippen LogP contribution in [0, 0.1) is 53.3 Å². The molecule has 3 unspecified atom stereocenters. The Balaban J connectivity index is 1.58. The van der Waals surface area contributed by atoms with Gasteiger partial charge in [-0.25, -0.2) is 0 Å². The molecular weight excluding hydrogens is 380 g/mol. The SMILES string of the molecule is [CH2]C[C@@H](C)[C@H]1CC[C@H]2[C@@H]3CCC4CC(OCCC)CC[C@]4(C)[C@H]3CC(OCCC)[C@]12C. The molecule has 179 valence electrons. The Hall–Kier alpha value is -0.0800. The molecule has 0 spiro atoms. The molecule has 1 radical (unpaired) electrons. The first-order valence-corrected chi connectivity index (χ1v) is 13.9. The molecule has 0 bridgehead atoms. The molecular formula is C29H51O2. The summed E-state index contributed by atoms with van der Waals surface area (Å²) >= 11 is 0. The van der Waals surface area contributed by atoms with E-state index >= 15 is 0 Å². The number of rotatable bonds is 8. The van der Waals surface area contributed by atoms with Crippen LogP contribution in [0.25, 0.3) is 0 Å². The Morgan fingerprint density at radius 2 is 1.65 bits per heavy atom. The van der Waals surface area contributed by atoms with Gasteiger partial charge >= 0.3 is 0 Å². The summed E-state index contributed by atoms with van der Waals surface area (Å²) in [5, 5.41) is 0. The predicted octanol–water partition coefficient (Wildman–Crippen LogP) is 7.71. The number of hydrogen-bond donors (Lipinski definition) is 0. The Labute approximate surface area is 193 Å². The van der Waals surface area contributed by atoms with Gasteiger partial charge in [0.25, 0.3) is 0 Å². The molecule has 0 N–H and O–H groups in total. The number of ether oxygens (including phenoxy) is 2. The molecule has 0 aromatic rings. The van der Waals surface area contributed by atoms with E-state index in [0.717, 1.165) is 68.0 Å². The second kappa shape index (κ2) is 9.65. The van der Waals surface area contributed by atoms with Crippen molar-refractivity contribution in [2.24, 2.45) is 46.3 Å². The quantitative estimate of drug-likeness (QED) is 0.392. The van der Waals surface area contributed by atoms with Crippen LogP contribution in [0.5, 0.6) is 0 Å². The molecule has 2 heteroatoms. The maximum atomic E-state index is 6.78. The molecule has 2 nitrogen and oxygen atoms in total. The van der Waals surface area contributed by atoms with Crippen LogP contribution in [0.1, 0.15) is 105 Å². The van der Waals surface area contributed by atoms with Crippen LogP contribution in [0.15, 0.2) is 0 Å². The summed E-state index contributed by atoms with van der Waals surface area (Å²) in [6.07, 6.45) is 15.3. The van der Waals surface area contributed by atoms with E-state index in [1.165, 1.54) is 51.4 Å². The first-order valence-electron chi connectivity index (χ1n) is 13.9. The molecule has 4 rings (SSSR count). The van der Waals surface area contributed by atoms with E-state index in [1.54, 1.807) is 0 Å². The lowest BCUT2D eigenvalue weighted by molar-refractivity contribution is -0.192. The van der Waals surface area contributed by atoms with Gasteiger partial charge in [-0.1, -0.05) is 48.0 Å². The Kier molecular flexibility index (Phi) is 7.49. The molecule has 0 aromatic heterocycles. The van der Waals surface area contributed by atoms with Crippen LogP contribution >= 0.6 is 0 Å². The third-order valence-corrected chi connectivity index (χ3v) is 11.0. The first kappa shape index (κ1) is 24.1. The van der Waals surface area contributed by atoms with Crippen LogP contribution in [0.4, 0.5) is 0 Å². The maximum absolute atomic E-state index is 6.78. The molecule has 0 amide bonds. The fourth-order valence-electron chi connectivity index (χ4n) is 9.26. The molecule has 4 saturated carbocycles. The monoisotopic (exact) mass is 431 g/mol. The van der Waals surface area contributed by atoms with E-state index in [2.05, 4.69) is 41.5 Å². The van der Waals surface area contributed by atoms with Gasteiger partial charge in [0.1, 0.15) is 0 Å². The molecule has 0 heterocycles. The normalized spacial score (nSPS) is 48.0. The van der Waals surface area contributed by atoms with Crippen molar-refractivity contribution in [1.29, 1.82) is 0 Å². The van der Waals surface area contributed by atoms with Crippen molar-refractivity contribution in [2.75, 3.05) is 13.2 Å². The van der Waals surface area contributed by atoms with Crippen LogP contribution in [0.3, 0.4) is 0 Å². The molecule has 31 heavy (non-hydrogen) atoms. The first-order chi connectivity index (χ1) is 14.9. The molecule has 0 aliphatic heterocycles. The van der Waals surface area contributed by atoms with E-state index in [1.807, 2.05) is 0 Å². The molecule has 4 aliphatic carbocycles. The van der Waals surface area contributed by atoms with Gasteiger partial charge < -0.3 is 9.47 Å². The third kappa shape index (κ3) is 4.05. The third-order valence-electron chi connectivity index (χ3n) is 11.0. The zero-order chi connectivity index (χ0) is 22.2. The molecule has 4 fully saturated rings. The van der Waals surface area contributed by atoms with Crippen molar-refractivity contribution >= 4 is 0 Å². The average molecular weight is 432 g/mol. The average Bonchev–Trinajstić information content (AvgIpc) is 3.13. The highest BCUT2D eigenvalue weighted by molar-refractivity contribution is 5.13. The largest absolute Gasteiger partial charge is 0.378 e. The summed E-state index contributed by atoms with van der Waals surface area (Å²) in [5.41, 5.74) is 0.859. The van der Waals surface area contributed by atoms with Gasteiger partial charge in [0.2, 0.25) is 0 Å². The van der Waals surface area contributed by atoms with Crippen LogP contribution < -0.4 is 0 Å². The smallest absolute Gasteiger partial charge is 0.0637 e. The van der Waals surface area contributed by atoms with E-state index in [0.29, 0.717) is 23.0 Å². The number of fused-ring (bicyclic) bond motifs is 5. The minimum Gasteiger partial charge on any atom is -0.378 e. The van der Waals surface area contributed by atoms with Crippen molar-refractivity contribution in [2.45, 2.75) is 117 Å². The predicted molar refractivity (Wildman–Crippen MR) is 130 cm³/mol. The summed E-state index contributed by atoms with van der Waals surface area (Å²) in [4.78, 5) is 0. The summed E-state index contributed by atoms with van der Waals surface area (Å²) < 4.78 is 13.0. The van der Waals surface area contributed by atoms with Crippen LogP contribution in [0.2, 0.25) is 0 Å². The second-order valence-corrected chi connectivity index (χ2v) is 12.3. The molecule has 0 aromatic carbocycles. The van der Waals surface area contributed by atoms with Gasteiger partial charge in [-0.15, -0.1) is 0 Å². The Morgan fingerprint density at radius 1 is 0.903 bits per heavy atom. The van der Waals surface area contributed by atoms with Crippen molar-refractivity contribution in [3.63, 3.8) is 0 Å². The van der Waals surface area contributed by atoms with E-state index in [9.17, 15) is 0 Å². The van der Waals surface area contributed by atoms with Crippen molar-refractivity contribution < 1.29 is 9.47 Å². The summed E-state index contributed by atoms with van der Waals surface area (Å²) in [5.74, 6) is 5.00. The lowest BCUT2D eigenvalue weighted by atomic mass is 9.43. The van der Waals surface area contributed by atoms with Crippen molar-refractivity contribution in [3.05, 3.63) is 6.92 Å². The lowest BCUT2D eigenvalue weighted by Crippen LogP contribution is -2.59. The van der Waals surface area contributed by atoms with Crippen molar-refractivity contribution in [1.82, 2.24) is 0 Å². The summed E-state index contributed by atoms with van der Waals surface area (Å²) in [6, 6.07) is 0. The Morgan fingerprint density at radius 3 is 2.35 bits per heavy atom. The van der Waals surface area contributed by atoms with Gasteiger partial charge in [0.15, 0.2) is 0 Å². The standard InChI is InChI=1S/C29H51O2/c1-7-16-30-22-14-15-28(5)21(18-22)10-11-23-25-13-12-24(20(4)9-3)29(25,6)27(19-26(23)28)31-17-8-2/h20-27H,3,7-19H2,1-2,4-6H3/t20-,21?,22?,23+,24-,25+,26+,27?,28+,29-/m1/s1. The fraction of sp³-hybridized carbons (Fsp3) is 0.966. The molecule has 10 atom stereocenters. The highest BCUT2D eigenvalue weighted by Crippen LogP contribution is 2.69. The van der Waals surface area contributed by atoms with Gasteiger partial charge in [-0.3, -0.25) is 0 Å².